The van der Waals surface area contributed by atoms with Gasteiger partial charge < -0.3 is 15.0 Å². The highest BCUT2D eigenvalue weighted by atomic mass is 16.5. The number of carbonyl (C=O) groups is 1. The Bertz CT molecular complexity index is 549. The van der Waals surface area contributed by atoms with Crippen LogP contribution >= 0.6 is 0 Å². The van der Waals surface area contributed by atoms with Crippen LogP contribution in [0, 0.1) is 26.7 Å². The van der Waals surface area contributed by atoms with Gasteiger partial charge in [0.15, 0.2) is 5.78 Å². The second kappa shape index (κ2) is 7.25. The number of nitrogens with one attached hydrogen (secondary N) is 1. The van der Waals surface area contributed by atoms with E-state index in [0.29, 0.717) is 0 Å². The molecule has 4 nitrogen and oxygen atoms in total. The summed E-state index contributed by atoms with van der Waals surface area (Å²) in [6.45, 7) is 13.0. The zero-order chi connectivity index (χ0) is 16.3. The molecule has 2 rings (SSSR count). The Morgan fingerprint density at radius 3 is 2.50 bits per heavy atom. The van der Waals surface area contributed by atoms with Gasteiger partial charge in [0, 0.05) is 44.2 Å². The van der Waals surface area contributed by atoms with Crippen LogP contribution in [0.2, 0.25) is 0 Å². The van der Waals surface area contributed by atoms with Crippen molar-refractivity contribution in [2.24, 2.45) is 5.92 Å². The monoisotopic (exact) mass is 304 g/mol. The van der Waals surface area contributed by atoms with Gasteiger partial charge in [-0.05, 0) is 43.5 Å². The Kier molecular flexibility index (Phi) is 5.59. The van der Waals surface area contributed by atoms with Crippen molar-refractivity contribution < 1.29 is 9.53 Å². The smallest absolute Gasteiger partial charge is 0.167 e. The Morgan fingerprint density at radius 1 is 1.27 bits per heavy atom. The van der Waals surface area contributed by atoms with Crippen LogP contribution < -0.4 is 10.1 Å². The molecule has 1 heterocycles. The van der Waals surface area contributed by atoms with Crippen molar-refractivity contribution in [3.63, 3.8) is 0 Å². The van der Waals surface area contributed by atoms with Gasteiger partial charge in [-0.2, -0.15) is 0 Å². The number of hydrogen-bond acceptors (Lipinski definition) is 4. The lowest BCUT2D eigenvalue weighted by Crippen LogP contribution is -2.45. The van der Waals surface area contributed by atoms with Gasteiger partial charge >= 0.3 is 0 Å². The fourth-order valence-electron chi connectivity index (χ4n) is 3.25. The minimum atomic E-state index is 0.0169. The standard InChI is InChI=1S/C18H28N2O2/c1-12-10-16(22-5)14(3)15(4)17(12)18(21)13(2)11-20-8-6-19-7-9-20/h10,13,19H,6-9,11H2,1-5H3. The Balaban J connectivity index is 2.19. The van der Waals surface area contributed by atoms with E-state index in [1.807, 2.05) is 33.8 Å². The molecule has 1 aliphatic rings. The van der Waals surface area contributed by atoms with Crippen molar-refractivity contribution in [1.29, 1.82) is 0 Å². The zero-order valence-electron chi connectivity index (χ0n) is 14.5. The molecule has 4 heteroatoms. The average Bonchev–Trinajstić information content (AvgIpc) is 2.51. The number of carbonyl (C=O) groups excluding carboxylic acids is 1. The predicted octanol–water partition coefficient (Wildman–Crippen LogP) is 2.34. The quantitative estimate of drug-likeness (QED) is 0.848. The summed E-state index contributed by atoms with van der Waals surface area (Å²) in [7, 11) is 1.68. The molecule has 0 aromatic heterocycles. The number of nitrogens with zero attached hydrogens (tertiary/aromatic N) is 1. The lowest BCUT2D eigenvalue weighted by atomic mass is 9.89. The Labute approximate surface area is 133 Å². The van der Waals surface area contributed by atoms with Gasteiger partial charge in [-0.25, -0.2) is 0 Å². The van der Waals surface area contributed by atoms with Crippen molar-refractivity contribution >= 4 is 5.78 Å². The van der Waals surface area contributed by atoms with Crippen molar-refractivity contribution in [3.8, 4) is 5.75 Å². The van der Waals surface area contributed by atoms with Crippen LogP contribution in [0.4, 0.5) is 0 Å². The van der Waals surface area contributed by atoms with Gasteiger partial charge in [0.1, 0.15) is 5.75 Å². The summed E-state index contributed by atoms with van der Waals surface area (Å²) in [6, 6.07) is 1.98. The van der Waals surface area contributed by atoms with Gasteiger partial charge in [-0.1, -0.05) is 6.92 Å². The van der Waals surface area contributed by atoms with E-state index in [1.54, 1.807) is 7.11 Å². The lowest BCUT2D eigenvalue weighted by molar-refractivity contribution is 0.0886. The number of Topliss-reactive ketones (excluding diaryl/α,β-unsaturated/α-hetero) is 1. The third kappa shape index (κ3) is 3.50. The summed E-state index contributed by atoms with van der Waals surface area (Å²) in [6.07, 6.45) is 0. The number of methoxy groups -OCH3 is 1. The van der Waals surface area contributed by atoms with Gasteiger partial charge in [-0.3, -0.25) is 4.79 Å². The van der Waals surface area contributed by atoms with E-state index in [0.717, 1.165) is 60.7 Å². The summed E-state index contributed by atoms with van der Waals surface area (Å²) in [5.41, 5.74) is 4.00. The molecule has 1 N–H and O–H groups in total. The van der Waals surface area contributed by atoms with E-state index in [-0.39, 0.29) is 11.7 Å². The summed E-state index contributed by atoms with van der Waals surface area (Å²) in [4.78, 5) is 15.3. The first-order valence-corrected chi connectivity index (χ1v) is 8.07. The number of piperazine rings is 1. The highest BCUT2D eigenvalue weighted by molar-refractivity contribution is 6.01. The normalized spacial score (nSPS) is 17.3. The fraction of sp³-hybridized carbons (Fsp3) is 0.611. The van der Waals surface area contributed by atoms with Crippen LogP contribution in [0.1, 0.15) is 34.0 Å². The molecule has 1 aromatic carbocycles. The minimum Gasteiger partial charge on any atom is -0.496 e. The summed E-state index contributed by atoms with van der Waals surface area (Å²) in [5.74, 6) is 1.13. The molecule has 0 saturated carbocycles. The third-order valence-electron chi connectivity index (χ3n) is 4.70. The number of aryl methyl sites for hydroxylation is 1. The van der Waals surface area contributed by atoms with Crippen molar-refractivity contribution in [1.82, 2.24) is 10.2 Å². The molecule has 0 aliphatic carbocycles. The van der Waals surface area contributed by atoms with Crippen LogP contribution in [0.15, 0.2) is 6.07 Å². The highest BCUT2D eigenvalue weighted by Crippen LogP contribution is 2.29. The molecule has 0 spiro atoms. The molecule has 0 bridgehead atoms. The molecule has 1 aromatic rings. The highest BCUT2D eigenvalue weighted by Gasteiger charge is 2.24. The van der Waals surface area contributed by atoms with Crippen LogP contribution in [-0.2, 0) is 0 Å². The lowest BCUT2D eigenvalue weighted by Gasteiger charge is -2.29. The SMILES string of the molecule is COc1cc(C)c(C(=O)C(C)CN2CCNCC2)c(C)c1C. The predicted molar refractivity (Wildman–Crippen MR) is 90.0 cm³/mol. The van der Waals surface area contributed by atoms with E-state index in [4.69, 9.17) is 4.74 Å². The second-order valence-electron chi connectivity index (χ2n) is 6.34. The van der Waals surface area contributed by atoms with E-state index < -0.39 is 0 Å². The van der Waals surface area contributed by atoms with Crippen LogP contribution in [-0.4, -0.2) is 50.5 Å². The average molecular weight is 304 g/mol. The maximum atomic E-state index is 12.9. The molecule has 0 radical (unpaired) electrons. The number of ether oxygens (including phenoxy) is 1. The van der Waals surface area contributed by atoms with Crippen molar-refractivity contribution in [2.75, 3.05) is 39.8 Å². The fourth-order valence-corrected chi connectivity index (χ4v) is 3.25. The van der Waals surface area contributed by atoms with Gasteiger partial charge in [0.25, 0.3) is 0 Å². The first-order chi connectivity index (χ1) is 10.5. The van der Waals surface area contributed by atoms with Gasteiger partial charge in [0.2, 0.25) is 0 Å². The molecular weight excluding hydrogens is 276 g/mol. The van der Waals surface area contributed by atoms with Gasteiger partial charge in [0.05, 0.1) is 7.11 Å². The molecule has 1 unspecified atom stereocenters. The van der Waals surface area contributed by atoms with E-state index in [1.165, 1.54) is 0 Å². The van der Waals surface area contributed by atoms with Crippen molar-refractivity contribution in [3.05, 3.63) is 28.3 Å². The number of benzene rings is 1. The van der Waals surface area contributed by atoms with E-state index in [2.05, 4.69) is 10.2 Å². The zero-order valence-corrected chi connectivity index (χ0v) is 14.5. The van der Waals surface area contributed by atoms with Gasteiger partial charge in [-0.15, -0.1) is 0 Å². The number of ketones is 1. The molecule has 0 amide bonds. The number of rotatable bonds is 5. The summed E-state index contributed by atoms with van der Waals surface area (Å²) >= 11 is 0. The summed E-state index contributed by atoms with van der Waals surface area (Å²) in [5, 5.41) is 3.35. The molecule has 1 saturated heterocycles. The minimum absolute atomic E-state index is 0.0169. The van der Waals surface area contributed by atoms with Crippen LogP contribution in [0.3, 0.4) is 0 Å². The Hall–Kier alpha value is -1.39. The first-order valence-electron chi connectivity index (χ1n) is 8.07. The molecule has 22 heavy (non-hydrogen) atoms. The topological polar surface area (TPSA) is 41.6 Å². The summed E-state index contributed by atoms with van der Waals surface area (Å²) < 4.78 is 5.40. The second-order valence-corrected chi connectivity index (χ2v) is 6.34. The number of hydrogen-bond donors (Lipinski definition) is 1. The Morgan fingerprint density at radius 2 is 1.91 bits per heavy atom. The molecular formula is C18H28N2O2. The maximum Gasteiger partial charge on any atom is 0.167 e. The van der Waals surface area contributed by atoms with Crippen LogP contribution in [0.5, 0.6) is 5.75 Å². The molecule has 122 valence electrons. The van der Waals surface area contributed by atoms with Crippen molar-refractivity contribution in [2.45, 2.75) is 27.7 Å². The largest absolute Gasteiger partial charge is 0.496 e. The first kappa shape index (κ1) is 17.0. The maximum absolute atomic E-state index is 12.9. The van der Waals surface area contributed by atoms with E-state index in [9.17, 15) is 4.79 Å². The molecule has 1 atom stereocenters. The van der Waals surface area contributed by atoms with Crippen LogP contribution in [0.25, 0.3) is 0 Å². The van der Waals surface area contributed by atoms with E-state index >= 15 is 0 Å². The third-order valence-corrected chi connectivity index (χ3v) is 4.70. The molecule has 1 fully saturated rings. The molecule has 1 aliphatic heterocycles.